The summed E-state index contributed by atoms with van der Waals surface area (Å²) in [5, 5.41) is 15.1. The number of rotatable bonds is 4. The maximum absolute atomic E-state index is 11.9. The highest BCUT2D eigenvalue weighted by atomic mass is 16.4. The number of carbonyl (C=O) groups is 2. The molecular formula is C15H18N2O3. The molecule has 20 heavy (non-hydrogen) atoms. The fraction of sp³-hybridized carbons (Fsp3) is 0.333. The molecule has 0 aliphatic carbocycles. The largest absolute Gasteiger partial charge is 0.480 e. The lowest BCUT2D eigenvalue weighted by atomic mass is 9.88. The highest BCUT2D eigenvalue weighted by Crippen LogP contribution is 2.18. The standard InChI is InChI=1S/C15H18N2O3/c18-13(7-6-12-4-2-1-3-5-12)17-15(14(19)20)8-10-16-11-9-15/h1-7,16H,8-11H2,(H,17,18)(H,19,20). The van der Waals surface area contributed by atoms with Crippen molar-refractivity contribution in [3.63, 3.8) is 0 Å². The van der Waals surface area contributed by atoms with Gasteiger partial charge in [0, 0.05) is 6.08 Å². The average molecular weight is 274 g/mol. The number of hydrogen-bond donors (Lipinski definition) is 3. The first-order valence-electron chi connectivity index (χ1n) is 6.62. The zero-order valence-corrected chi connectivity index (χ0v) is 11.1. The van der Waals surface area contributed by atoms with Gasteiger partial charge in [0.15, 0.2) is 0 Å². The lowest BCUT2D eigenvalue weighted by Crippen LogP contribution is -2.59. The van der Waals surface area contributed by atoms with Crippen LogP contribution < -0.4 is 10.6 Å². The van der Waals surface area contributed by atoms with Crippen molar-refractivity contribution in [1.82, 2.24) is 10.6 Å². The van der Waals surface area contributed by atoms with Crippen molar-refractivity contribution in [3.05, 3.63) is 42.0 Å². The molecule has 3 N–H and O–H groups in total. The second-order valence-electron chi connectivity index (χ2n) is 4.87. The third-order valence-corrected chi connectivity index (χ3v) is 3.46. The van der Waals surface area contributed by atoms with E-state index < -0.39 is 11.5 Å². The third kappa shape index (κ3) is 3.45. The van der Waals surface area contributed by atoms with E-state index in [9.17, 15) is 14.7 Å². The Balaban J connectivity index is 2.02. The monoisotopic (exact) mass is 274 g/mol. The molecule has 1 aromatic carbocycles. The summed E-state index contributed by atoms with van der Waals surface area (Å²) in [6.07, 6.45) is 3.84. The molecule has 0 saturated carbocycles. The summed E-state index contributed by atoms with van der Waals surface area (Å²) in [7, 11) is 0. The summed E-state index contributed by atoms with van der Waals surface area (Å²) in [4.78, 5) is 23.3. The highest BCUT2D eigenvalue weighted by Gasteiger charge is 2.40. The zero-order chi connectivity index (χ0) is 14.4. The summed E-state index contributed by atoms with van der Waals surface area (Å²) in [5.74, 6) is -1.35. The number of nitrogens with one attached hydrogen (secondary N) is 2. The van der Waals surface area contributed by atoms with Crippen molar-refractivity contribution < 1.29 is 14.7 Å². The Morgan fingerprint density at radius 2 is 1.85 bits per heavy atom. The first-order valence-corrected chi connectivity index (χ1v) is 6.62. The van der Waals surface area contributed by atoms with E-state index in [1.54, 1.807) is 6.08 Å². The van der Waals surface area contributed by atoms with E-state index in [4.69, 9.17) is 0 Å². The van der Waals surface area contributed by atoms with Crippen molar-refractivity contribution in [1.29, 1.82) is 0 Å². The molecule has 0 radical (unpaired) electrons. The topological polar surface area (TPSA) is 78.4 Å². The molecule has 1 aromatic rings. The predicted octanol–water partition coefficient (Wildman–Crippen LogP) is 1.02. The van der Waals surface area contributed by atoms with Crippen LogP contribution in [0.1, 0.15) is 18.4 Å². The van der Waals surface area contributed by atoms with E-state index in [1.807, 2.05) is 30.3 Å². The maximum atomic E-state index is 11.9. The van der Waals surface area contributed by atoms with Crippen LogP contribution in [0.4, 0.5) is 0 Å². The smallest absolute Gasteiger partial charge is 0.329 e. The third-order valence-electron chi connectivity index (χ3n) is 3.46. The SMILES string of the molecule is O=C(C=Cc1ccccc1)NC1(C(=O)O)CCNCC1. The Labute approximate surface area is 117 Å². The highest BCUT2D eigenvalue weighted by molar-refractivity contribution is 5.95. The number of carboxylic acid groups (broad SMARTS) is 1. The Morgan fingerprint density at radius 1 is 1.20 bits per heavy atom. The fourth-order valence-electron chi connectivity index (χ4n) is 2.26. The summed E-state index contributed by atoms with van der Waals surface area (Å²) in [5.41, 5.74) is -0.249. The minimum Gasteiger partial charge on any atom is -0.480 e. The lowest BCUT2D eigenvalue weighted by molar-refractivity contribution is -0.148. The van der Waals surface area contributed by atoms with Crippen LogP contribution in [0.15, 0.2) is 36.4 Å². The van der Waals surface area contributed by atoms with Gasteiger partial charge in [-0.25, -0.2) is 4.79 Å². The van der Waals surface area contributed by atoms with Gasteiger partial charge in [-0.05, 0) is 37.6 Å². The second-order valence-corrected chi connectivity index (χ2v) is 4.87. The first kappa shape index (κ1) is 14.3. The van der Waals surface area contributed by atoms with Crippen LogP contribution in [-0.2, 0) is 9.59 Å². The molecule has 0 unspecified atom stereocenters. The van der Waals surface area contributed by atoms with E-state index in [-0.39, 0.29) is 5.91 Å². The summed E-state index contributed by atoms with van der Waals surface area (Å²) in [6.45, 7) is 1.18. The van der Waals surface area contributed by atoms with Crippen LogP contribution in [0.2, 0.25) is 0 Å². The van der Waals surface area contributed by atoms with Crippen molar-refractivity contribution in [2.45, 2.75) is 18.4 Å². The molecule has 0 bridgehead atoms. The number of carboxylic acids is 1. The molecule has 1 heterocycles. The molecule has 106 valence electrons. The quantitative estimate of drug-likeness (QED) is 0.716. The summed E-state index contributed by atoms with van der Waals surface area (Å²) < 4.78 is 0. The molecule has 2 rings (SSSR count). The van der Waals surface area contributed by atoms with Gasteiger partial charge in [0.1, 0.15) is 5.54 Å². The van der Waals surface area contributed by atoms with Crippen LogP contribution in [0.3, 0.4) is 0 Å². The van der Waals surface area contributed by atoms with Crippen LogP contribution in [0, 0.1) is 0 Å². The molecule has 0 aromatic heterocycles. The fourth-order valence-corrected chi connectivity index (χ4v) is 2.26. The van der Waals surface area contributed by atoms with Gasteiger partial charge in [-0.15, -0.1) is 0 Å². The number of aliphatic carboxylic acids is 1. The van der Waals surface area contributed by atoms with Gasteiger partial charge < -0.3 is 15.7 Å². The molecule has 5 heteroatoms. The molecule has 1 aliphatic heterocycles. The Hall–Kier alpha value is -2.14. The zero-order valence-electron chi connectivity index (χ0n) is 11.1. The Morgan fingerprint density at radius 3 is 2.45 bits per heavy atom. The van der Waals surface area contributed by atoms with E-state index in [0.29, 0.717) is 25.9 Å². The van der Waals surface area contributed by atoms with Crippen LogP contribution in [0.5, 0.6) is 0 Å². The Kier molecular flexibility index (Phi) is 4.53. The van der Waals surface area contributed by atoms with Crippen molar-refractivity contribution >= 4 is 18.0 Å². The van der Waals surface area contributed by atoms with Gasteiger partial charge in [-0.3, -0.25) is 4.79 Å². The second kappa shape index (κ2) is 6.34. The lowest BCUT2D eigenvalue weighted by Gasteiger charge is -2.33. The summed E-state index contributed by atoms with van der Waals surface area (Å²) in [6, 6.07) is 9.40. The minimum absolute atomic E-state index is 0.377. The number of carbonyl (C=O) groups excluding carboxylic acids is 1. The molecule has 0 atom stereocenters. The van der Waals surface area contributed by atoms with E-state index in [1.165, 1.54) is 6.08 Å². The average Bonchev–Trinajstić information content (AvgIpc) is 2.47. The van der Waals surface area contributed by atoms with Crippen LogP contribution in [0.25, 0.3) is 6.08 Å². The molecule has 1 saturated heterocycles. The molecule has 1 amide bonds. The van der Waals surface area contributed by atoms with Gasteiger partial charge in [-0.1, -0.05) is 30.3 Å². The molecule has 0 spiro atoms. The molecule has 1 aliphatic rings. The van der Waals surface area contributed by atoms with E-state index in [0.717, 1.165) is 5.56 Å². The minimum atomic E-state index is -1.15. The van der Waals surface area contributed by atoms with Crippen LogP contribution in [-0.4, -0.2) is 35.6 Å². The van der Waals surface area contributed by atoms with E-state index in [2.05, 4.69) is 10.6 Å². The first-order chi connectivity index (χ1) is 9.62. The van der Waals surface area contributed by atoms with Crippen molar-refractivity contribution in [3.8, 4) is 0 Å². The number of piperidine rings is 1. The normalized spacial score (nSPS) is 17.8. The number of benzene rings is 1. The van der Waals surface area contributed by atoms with Gasteiger partial charge in [0.25, 0.3) is 0 Å². The Bertz CT molecular complexity index is 505. The maximum Gasteiger partial charge on any atom is 0.329 e. The van der Waals surface area contributed by atoms with Crippen molar-refractivity contribution in [2.24, 2.45) is 0 Å². The number of hydrogen-bond acceptors (Lipinski definition) is 3. The van der Waals surface area contributed by atoms with Crippen LogP contribution >= 0.6 is 0 Å². The summed E-state index contributed by atoms with van der Waals surface area (Å²) >= 11 is 0. The predicted molar refractivity (Wildman–Crippen MR) is 76.1 cm³/mol. The molecule has 1 fully saturated rings. The van der Waals surface area contributed by atoms with Crippen molar-refractivity contribution in [2.75, 3.05) is 13.1 Å². The van der Waals surface area contributed by atoms with Gasteiger partial charge in [-0.2, -0.15) is 0 Å². The van der Waals surface area contributed by atoms with Gasteiger partial charge >= 0.3 is 5.97 Å². The molecule has 5 nitrogen and oxygen atoms in total. The van der Waals surface area contributed by atoms with Gasteiger partial charge in [0.2, 0.25) is 5.91 Å². The van der Waals surface area contributed by atoms with Gasteiger partial charge in [0.05, 0.1) is 0 Å². The van der Waals surface area contributed by atoms with E-state index >= 15 is 0 Å². The number of amides is 1. The molecular weight excluding hydrogens is 256 g/mol.